The number of tetrazole rings is 1. The Bertz CT molecular complexity index is 320. The summed E-state index contributed by atoms with van der Waals surface area (Å²) >= 11 is 0. The van der Waals surface area contributed by atoms with E-state index in [4.69, 9.17) is 0 Å². The summed E-state index contributed by atoms with van der Waals surface area (Å²) in [7, 11) is 1.78. The number of aryl methyl sites for hydroxylation is 1. The molecule has 1 atom stereocenters. The molecule has 1 aromatic heterocycles. The van der Waals surface area contributed by atoms with Gasteiger partial charge in [-0.3, -0.25) is 0 Å². The van der Waals surface area contributed by atoms with Crippen molar-refractivity contribution in [1.29, 1.82) is 0 Å². The molecule has 0 saturated heterocycles. The van der Waals surface area contributed by atoms with Crippen LogP contribution in [0, 0.1) is 0 Å². The van der Waals surface area contributed by atoms with E-state index >= 15 is 0 Å². The molecule has 104 valence electrons. The second-order valence-corrected chi connectivity index (χ2v) is 4.65. The van der Waals surface area contributed by atoms with Crippen LogP contribution in [-0.4, -0.2) is 50.8 Å². The van der Waals surface area contributed by atoms with Gasteiger partial charge in [-0.1, -0.05) is 13.8 Å². The lowest BCUT2D eigenvalue weighted by Crippen LogP contribution is -2.29. The van der Waals surface area contributed by atoms with E-state index in [1.54, 1.807) is 7.05 Å². The van der Waals surface area contributed by atoms with Crippen LogP contribution in [0.3, 0.4) is 0 Å². The van der Waals surface area contributed by atoms with Crippen molar-refractivity contribution in [3.63, 3.8) is 0 Å². The zero-order valence-corrected chi connectivity index (χ0v) is 12.1. The third-order valence-electron chi connectivity index (χ3n) is 3.16. The molecule has 0 aliphatic rings. The van der Waals surface area contributed by atoms with E-state index in [-0.39, 0.29) is 0 Å². The quantitative estimate of drug-likeness (QED) is 0.707. The van der Waals surface area contributed by atoms with Gasteiger partial charge in [-0.2, -0.15) is 4.80 Å². The van der Waals surface area contributed by atoms with Crippen LogP contribution in [0.15, 0.2) is 0 Å². The highest BCUT2D eigenvalue weighted by atomic mass is 15.6. The fraction of sp³-hybridized carbons (Fsp3) is 0.917. The summed E-state index contributed by atoms with van der Waals surface area (Å²) in [4.78, 5) is 3.94. The smallest absolute Gasteiger partial charge is 0.188 e. The first kappa shape index (κ1) is 15.0. The molecule has 0 aliphatic heterocycles. The zero-order chi connectivity index (χ0) is 13.4. The van der Waals surface area contributed by atoms with Crippen molar-refractivity contribution in [2.45, 2.75) is 46.2 Å². The molecule has 1 rings (SSSR count). The van der Waals surface area contributed by atoms with Crippen LogP contribution in [0.5, 0.6) is 0 Å². The number of nitrogens with one attached hydrogen (secondary N) is 1. The van der Waals surface area contributed by atoms with Crippen molar-refractivity contribution < 1.29 is 0 Å². The number of rotatable bonds is 9. The predicted molar refractivity (Wildman–Crippen MR) is 72.1 cm³/mol. The van der Waals surface area contributed by atoms with Crippen LogP contribution >= 0.6 is 0 Å². The van der Waals surface area contributed by atoms with Gasteiger partial charge in [-0.25, -0.2) is 0 Å². The topological polar surface area (TPSA) is 58.9 Å². The highest BCUT2D eigenvalue weighted by Gasteiger charge is 2.06. The van der Waals surface area contributed by atoms with Crippen molar-refractivity contribution in [1.82, 2.24) is 30.4 Å². The molecular weight excluding hydrogens is 228 g/mol. The Morgan fingerprint density at radius 2 is 2.06 bits per heavy atom. The first-order chi connectivity index (χ1) is 8.65. The summed E-state index contributed by atoms with van der Waals surface area (Å²) in [5, 5.41) is 15.3. The molecule has 18 heavy (non-hydrogen) atoms. The molecule has 1 unspecified atom stereocenters. The average molecular weight is 254 g/mol. The number of nitrogens with zero attached hydrogens (tertiary/aromatic N) is 5. The summed E-state index contributed by atoms with van der Waals surface area (Å²) in [6.07, 6.45) is 2.40. The second-order valence-electron chi connectivity index (χ2n) is 4.65. The van der Waals surface area contributed by atoms with E-state index in [0.29, 0.717) is 12.6 Å². The number of hydrogen-bond donors (Lipinski definition) is 1. The minimum atomic E-state index is 0.490. The predicted octanol–water partition coefficient (Wildman–Crippen LogP) is 0.810. The molecule has 0 aromatic carbocycles. The Balaban J connectivity index is 2.12. The molecule has 1 heterocycles. The first-order valence-electron chi connectivity index (χ1n) is 6.84. The maximum atomic E-state index is 4.14. The zero-order valence-electron chi connectivity index (χ0n) is 12.1. The van der Waals surface area contributed by atoms with Gasteiger partial charge in [0.05, 0.1) is 13.6 Å². The van der Waals surface area contributed by atoms with Crippen LogP contribution in [0.1, 0.15) is 39.4 Å². The molecule has 0 saturated carbocycles. The van der Waals surface area contributed by atoms with Crippen LogP contribution in [0.4, 0.5) is 0 Å². The van der Waals surface area contributed by atoms with Gasteiger partial charge in [0.2, 0.25) is 0 Å². The fourth-order valence-electron chi connectivity index (χ4n) is 1.92. The van der Waals surface area contributed by atoms with Gasteiger partial charge in [0, 0.05) is 6.04 Å². The normalized spacial score (nSPS) is 13.2. The van der Waals surface area contributed by atoms with Crippen LogP contribution in [0.2, 0.25) is 0 Å². The molecule has 1 aromatic rings. The molecular formula is C12H26N6. The van der Waals surface area contributed by atoms with Crippen molar-refractivity contribution in [2.24, 2.45) is 7.05 Å². The van der Waals surface area contributed by atoms with Crippen LogP contribution in [0.25, 0.3) is 0 Å². The molecule has 0 amide bonds. The van der Waals surface area contributed by atoms with E-state index in [1.807, 2.05) is 0 Å². The molecule has 0 bridgehead atoms. The molecule has 0 aliphatic carbocycles. The Kier molecular flexibility index (Phi) is 6.82. The SMILES string of the molecule is CCN(CC)CCCC(C)NCc1nnn(C)n1. The Morgan fingerprint density at radius 3 is 2.61 bits per heavy atom. The lowest BCUT2D eigenvalue weighted by atomic mass is 10.1. The van der Waals surface area contributed by atoms with Crippen molar-refractivity contribution in [3.05, 3.63) is 5.82 Å². The average Bonchev–Trinajstić information content (AvgIpc) is 2.78. The van der Waals surface area contributed by atoms with Crippen molar-refractivity contribution in [3.8, 4) is 0 Å². The van der Waals surface area contributed by atoms with Crippen LogP contribution in [-0.2, 0) is 13.6 Å². The van der Waals surface area contributed by atoms with Gasteiger partial charge < -0.3 is 10.2 Å². The van der Waals surface area contributed by atoms with Crippen LogP contribution < -0.4 is 5.32 Å². The molecule has 6 heteroatoms. The third kappa shape index (κ3) is 5.55. The third-order valence-corrected chi connectivity index (χ3v) is 3.16. The minimum absolute atomic E-state index is 0.490. The lowest BCUT2D eigenvalue weighted by Gasteiger charge is -2.19. The van der Waals surface area contributed by atoms with E-state index in [1.165, 1.54) is 24.2 Å². The standard InChI is InChI=1S/C12H26N6/c1-5-18(6-2)9-7-8-11(3)13-10-12-14-16-17(4)15-12/h11,13H,5-10H2,1-4H3. The van der Waals surface area contributed by atoms with Gasteiger partial charge in [0.25, 0.3) is 0 Å². The van der Waals surface area contributed by atoms with Gasteiger partial charge in [-0.05, 0) is 44.6 Å². The molecule has 0 spiro atoms. The van der Waals surface area contributed by atoms with E-state index in [0.717, 1.165) is 18.9 Å². The summed E-state index contributed by atoms with van der Waals surface area (Å²) in [5.74, 6) is 0.757. The van der Waals surface area contributed by atoms with Gasteiger partial charge in [-0.15, -0.1) is 10.2 Å². The summed E-state index contributed by atoms with van der Waals surface area (Å²) < 4.78 is 0. The van der Waals surface area contributed by atoms with Gasteiger partial charge in [0.15, 0.2) is 5.82 Å². The summed E-state index contributed by atoms with van der Waals surface area (Å²) in [6.45, 7) is 10.8. The summed E-state index contributed by atoms with van der Waals surface area (Å²) in [5.41, 5.74) is 0. The maximum absolute atomic E-state index is 4.14. The van der Waals surface area contributed by atoms with Crippen molar-refractivity contribution >= 4 is 0 Å². The largest absolute Gasteiger partial charge is 0.307 e. The highest BCUT2D eigenvalue weighted by molar-refractivity contribution is 4.76. The molecule has 0 radical (unpaired) electrons. The van der Waals surface area contributed by atoms with E-state index < -0.39 is 0 Å². The number of aromatic nitrogens is 4. The highest BCUT2D eigenvalue weighted by Crippen LogP contribution is 2.00. The maximum Gasteiger partial charge on any atom is 0.188 e. The second kappa shape index (κ2) is 8.16. The Hall–Kier alpha value is -1.01. The van der Waals surface area contributed by atoms with Gasteiger partial charge in [0.1, 0.15) is 0 Å². The Morgan fingerprint density at radius 1 is 1.33 bits per heavy atom. The van der Waals surface area contributed by atoms with E-state index in [9.17, 15) is 0 Å². The van der Waals surface area contributed by atoms with Gasteiger partial charge >= 0.3 is 0 Å². The molecule has 1 N–H and O–H groups in total. The summed E-state index contributed by atoms with van der Waals surface area (Å²) in [6, 6.07) is 0.490. The minimum Gasteiger partial charge on any atom is -0.307 e. The lowest BCUT2D eigenvalue weighted by molar-refractivity contribution is 0.290. The van der Waals surface area contributed by atoms with E-state index in [2.05, 4.69) is 46.4 Å². The number of hydrogen-bond acceptors (Lipinski definition) is 5. The fourth-order valence-corrected chi connectivity index (χ4v) is 1.92. The Labute approximate surface area is 110 Å². The first-order valence-corrected chi connectivity index (χ1v) is 6.84. The molecule has 6 nitrogen and oxygen atoms in total. The monoisotopic (exact) mass is 254 g/mol. The van der Waals surface area contributed by atoms with Crippen molar-refractivity contribution in [2.75, 3.05) is 19.6 Å². The molecule has 0 fully saturated rings.